The molecule has 0 spiro atoms. The van der Waals surface area contributed by atoms with Gasteiger partial charge in [-0.1, -0.05) is 19.9 Å². The molecule has 0 fully saturated rings. The van der Waals surface area contributed by atoms with E-state index in [0.717, 1.165) is 25.5 Å². The highest BCUT2D eigenvalue weighted by molar-refractivity contribution is 5.35. The zero-order valence-electron chi connectivity index (χ0n) is 11.9. The standard InChI is InChI=1S/C14H25N3O/c1-11(2)7-15-9-13-5-6-14(17-10-13)16-8-12(3)18-4/h5-6,10-12,15H,7-9H2,1-4H3,(H,16,17). The number of aromatic nitrogens is 1. The minimum absolute atomic E-state index is 0.194. The van der Waals surface area contributed by atoms with E-state index >= 15 is 0 Å². The summed E-state index contributed by atoms with van der Waals surface area (Å²) >= 11 is 0. The number of nitrogens with zero attached hydrogens (tertiary/aromatic N) is 1. The molecular formula is C14H25N3O. The third-order valence-corrected chi connectivity index (χ3v) is 2.68. The van der Waals surface area contributed by atoms with Crippen molar-refractivity contribution in [1.29, 1.82) is 0 Å². The first-order chi connectivity index (χ1) is 8.61. The largest absolute Gasteiger partial charge is 0.380 e. The van der Waals surface area contributed by atoms with Gasteiger partial charge in [-0.05, 0) is 31.0 Å². The predicted octanol–water partition coefficient (Wildman–Crippen LogP) is 2.27. The molecule has 4 nitrogen and oxygen atoms in total. The van der Waals surface area contributed by atoms with Gasteiger partial charge in [0, 0.05) is 26.4 Å². The quantitative estimate of drug-likeness (QED) is 0.744. The van der Waals surface area contributed by atoms with Crippen LogP contribution < -0.4 is 10.6 Å². The van der Waals surface area contributed by atoms with Gasteiger partial charge in [-0.25, -0.2) is 4.98 Å². The normalized spacial score (nSPS) is 12.7. The number of hydrogen-bond donors (Lipinski definition) is 2. The Balaban J connectivity index is 2.33. The molecule has 0 aliphatic heterocycles. The molecule has 0 saturated heterocycles. The smallest absolute Gasteiger partial charge is 0.125 e. The summed E-state index contributed by atoms with van der Waals surface area (Å²) < 4.78 is 5.17. The van der Waals surface area contributed by atoms with Crippen molar-refractivity contribution in [2.75, 3.05) is 25.5 Å². The Morgan fingerprint density at radius 2 is 2.00 bits per heavy atom. The van der Waals surface area contributed by atoms with E-state index in [1.165, 1.54) is 5.56 Å². The van der Waals surface area contributed by atoms with Crippen molar-refractivity contribution < 1.29 is 4.74 Å². The van der Waals surface area contributed by atoms with Gasteiger partial charge in [-0.2, -0.15) is 0 Å². The molecule has 2 N–H and O–H groups in total. The molecule has 1 aromatic rings. The van der Waals surface area contributed by atoms with Crippen molar-refractivity contribution in [3.8, 4) is 0 Å². The van der Waals surface area contributed by atoms with Crippen molar-refractivity contribution in [2.45, 2.75) is 33.4 Å². The van der Waals surface area contributed by atoms with Crippen LogP contribution in [0.25, 0.3) is 0 Å². The molecule has 0 aromatic carbocycles. The first kappa shape index (κ1) is 14.9. The third-order valence-electron chi connectivity index (χ3n) is 2.68. The third kappa shape index (κ3) is 5.98. The Bertz CT molecular complexity index is 324. The zero-order valence-corrected chi connectivity index (χ0v) is 11.9. The summed E-state index contributed by atoms with van der Waals surface area (Å²) in [4.78, 5) is 4.38. The highest BCUT2D eigenvalue weighted by atomic mass is 16.5. The molecule has 0 saturated carbocycles. The van der Waals surface area contributed by atoms with E-state index in [-0.39, 0.29) is 6.10 Å². The second-order valence-corrected chi connectivity index (χ2v) is 5.00. The lowest BCUT2D eigenvalue weighted by Crippen LogP contribution is -2.20. The van der Waals surface area contributed by atoms with Crippen molar-refractivity contribution in [2.24, 2.45) is 5.92 Å². The number of rotatable bonds is 8. The van der Waals surface area contributed by atoms with E-state index in [1.54, 1.807) is 7.11 Å². The Kier molecular flexibility index (Phi) is 6.68. The maximum Gasteiger partial charge on any atom is 0.125 e. The highest BCUT2D eigenvalue weighted by Gasteiger charge is 2.00. The number of hydrogen-bond acceptors (Lipinski definition) is 4. The van der Waals surface area contributed by atoms with Gasteiger partial charge in [0.25, 0.3) is 0 Å². The maximum atomic E-state index is 5.17. The van der Waals surface area contributed by atoms with Gasteiger partial charge in [0.05, 0.1) is 6.10 Å². The number of nitrogens with one attached hydrogen (secondary N) is 2. The van der Waals surface area contributed by atoms with Crippen LogP contribution in [0.1, 0.15) is 26.3 Å². The summed E-state index contributed by atoms with van der Waals surface area (Å²) in [5.41, 5.74) is 1.21. The van der Waals surface area contributed by atoms with Gasteiger partial charge >= 0.3 is 0 Å². The van der Waals surface area contributed by atoms with Crippen LogP contribution in [0.4, 0.5) is 5.82 Å². The molecule has 1 unspecified atom stereocenters. The van der Waals surface area contributed by atoms with Crippen LogP contribution in [0, 0.1) is 5.92 Å². The molecule has 0 bridgehead atoms. The summed E-state index contributed by atoms with van der Waals surface area (Å²) in [5.74, 6) is 1.57. The van der Waals surface area contributed by atoms with Crippen LogP contribution >= 0.6 is 0 Å². The highest BCUT2D eigenvalue weighted by Crippen LogP contribution is 2.05. The SMILES string of the molecule is COC(C)CNc1ccc(CNCC(C)C)cn1. The Morgan fingerprint density at radius 1 is 1.22 bits per heavy atom. The van der Waals surface area contributed by atoms with Crippen LogP contribution in [0.15, 0.2) is 18.3 Å². The van der Waals surface area contributed by atoms with E-state index in [0.29, 0.717) is 5.92 Å². The molecule has 1 heterocycles. The fourth-order valence-corrected chi connectivity index (χ4v) is 1.47. The van der Waals surface area contributed by atoms with Gasteiger partial charge in [0.2, 0.25) is 0 Å². The summed E-state index contributed by atoms with van der Waals surface area (Å²) in [7, 11) is 1.71. The summed E-state index contributed by atoms with van der Waals surface area (Å²) in [6.45, 7) is 9.11. The Labute approximate surface area is 110 Å². The number of anilines is 1. The lowest BCUT2D eigenvalue weighted by molar-refractivity contribution is 0.128. The second-order valence-electron chi connectivity index (χ2n) is 5.00. The van der Waals surface area contributed by atoms with E-state index in [2.05, 4.69) is 35.5 Å². The Morgan fingerprint density at radius 3 is 2.56 bits per heavy atom. The fraction of sp³-hybridized carbons (Fsp3) is 0.643. The average molecular weight is 251 g/mol. The molecule has 4 heteroatoms. The van der Waals surface area contributed by atoms with Gasteiger partial charge in [0.15, 0.2) is 0 Å². The first-order valence-electron chi connectivity index (χ1n) is 6.54. The molecule has 0 aliphatic carbocycles. The molecule has 0 amide bonds. The van der Waals surface area contributed by atoms with Gasteiger partial charge in [-0.15, -0.1) is 0 Å². The van der Waals surface area contributed by atoms with Crippen LogP contribution in [0.3, 0.4) is 0 Å². The number of pyridine rings is 1. The lowest BCUT2D eigenvalue weighted by atomic mass is 10.2. The minimum Gasteiger partial charge on any atom is -0.380 e. The Hall–Kier alpha value is -1.13. The van der Waals surface area contributed by atoms with E-state index in [4.69, 9.17) is 4.74 Å². The van der Waals surface area contributed by atoms with Crippen molar-refractivity contribution in [3.63, 3.8) is 0 Å². The van der Waals surface area contributed by atoms with Gasteiger partial charge in [-0.3, -0.25) is 0 Å². The number of methoxy groups -OCH3 is 1. The van der Waals surface area contributed by atoms with Crippen LogP contribution in [-0.2, 0) is 11.3 Å². The predicted molar refractivity (Wildman–Crippen MR) is 75.7 cm³/mol. The summed E-state index contributed by atoms with van der Waals surface area (Å²) in [5, 5.41) is 6.64. The molecule has 1 aromatic heterocycles. The van der Waals surface area contributed by atoms with E-state index in [1.807, 2.05) is 19.2 Å². The molecule has 0 aliphatic rings. The van der Waals surface area contributed by atoms with Crippen molar-refractivity contribution in [3.05, 3.63) is 23.9 Å². The zero-order chi connectivity index (χ0) is 13.4. The van der Waals surface area contributed by atoms with Crippen molar-refractivity contribution in [1.82, 2.24) is 10.3 Å². The fourth-order valence-electron chi connectivity index (χ4n) is 1.47. The number of ether oxygens (including phenoxy) is 1. The van der Waals surface area contributed by atoms with Crippen LogP contribution in [0.5, 0.6) is 0 Å². The van der Waals surface area contributed by atoms with Crippen LogP contribution in [-0.4, -0.2) is 31.3 Å². The topological polar surface area (TPSA) is 46.2 Å². The van der Waals surface area contributed by atoms with E-state index in [9.17, 15) is 0 Å². The van der Waals surface area contributed by atoms with Crippen LogP contribution in [0.2, 0.25) is 0 Å². The molecular weight excluding hydrogens is 226 g/mol. The first-order valence-corrected chi connectivity index (χ1v) is 6.54. The van der Waals surface area contributed by atoms with E-state index < -0.39 is 0 Å². The average Bonchev–Trinajstić information content (AvgIpc) is 2.37. The molecule has 1 rings (SSSR count). The van der Waals surface area contributed by atoms with Gasteiger partial charge in [0.1, 0.15) is 5.82 Å². The molecule has 18 heavy (non-hydrogen) atoms. The second kappa shape index (κ2) is 8.06. The monoisotopic (exact) mass is 251 g/mol. The minimum atomic E-state index is 0.194. The molecule has 1 atom stereocenters. The lowest BCUT2D eigenvalue weighted by Gasteiger charge is -2.11. The van der Waals surface area contributed by atoms with Crippen molar-refractivity contribution >= 4 is 5.82 Å². The summed E-state index contributed by atoms with van der Waals surface area (Å²) in [6.07, 6.45) is 2.10. The maximum absolute atomic E-state index is 5.17. The molecule has 102 valence electrons. The van der Waals surface area contributed by atoms with Gasteiger partial charge < -0.3 is 15.4 Å². The molecule has 0 radical (unpaired) electrons. The summed E-state index contributed by atoms with van der Waals surface area (Å²) in [6, 6.07) is 4.11.